The summed E-state index contributed by atoms with van der Waals surface area (Å²) in [6.07, 6.45) is 15.3. The van der Waals surface area contributed by atoms with Gasteiger partial charge in [0.2, 0.25) is 5.91 Å². The molecule has 43 heavy (non-hydrogen) atoms. The molecule has 4 saturated carbocycles. The molecular weight excluding hydrogens is 530 g/mol. The maximum Gasteiger partial charge on any atom is 0.226 e. The zero-order valence-electron chi connectivity index (χ0n) is 27.9. The third-order valence-corrected chi connectivity index (χ3v) is 13.6. The van der Waals surface area contributed by atoms with E-state index in [-0.39, 0.29) is 29.9 Å². The summed E-state index contributed by atoms with van der Waals surface area (Å²) < 4.78 is 0. The van der Waals surface area contributed by atoms with Gasteiger partial charge in [0, 0.05) is 6.54 Å². The Hall–Kier alpha value is -1.91. The Balaban J connectivity index is 0.00000118. The van der Waals surface area contributed by atoms with E-state index in [1.807, 2.05) is 6.92 Å². The summed E-state index contributed by atoms with van der Waals surface area (Å²) >= 11 is 0. The predicted molar refractivity (Wildman–Crippen MR) is 177 cm³/mol. The van der Waals surface area contributed by atoms with Gasteiger partial charge in [0.05, 0.1) is 18.1 Å². The predicted octanol–water partition coefficient (Wildman–Crippen LogP) is 8.12. The average molecular weight is 590 g/mol. The summed E-state index contributed by atoms with van der Waals surface area (Å²) in [4.78, 5) is 13.6. The van der Waals surface area contributed by atoms with Gasteiger partial charge in [0.1, 0.15) is 0 Å². The number of allylic oxidation sites excluding steroid dienone is 3. The fourth-order valence-electron chi connectivity index (χ4n) is 11.9. The number of nitrogens with one attached hydrogen (secondary N) is 1. The van der Waals surface area contributed by atoms with Crippen LogP contribution in [0, 0.1) is 58.2 Å². The van der Waals surface area contributed by atoms with E-state index in [1.54, 1.807) is 11.6 Å². The molecule has 1 aromatic carbocycles. The molecule has 0 aliphatic heterocycles. The van der Waals surface area contributed by atoms with Crippen LogP contribution in [0.25, 0.3) is 5.57 Å². The number of fused-ring (bicyclic) bond motifs is 7. The molecule has 5 aliphatic carbocycles. The van der Waals surface area contributed by atoms with Crippen molar-refractivity contribution in [1.29, 1.82) is 0 Å². The van der Waals surface area contributed by atoms with Gasteiger partial charge in [-0.25, -0.2) is 0 Å². The van der Waals surface area contributed by atoms with Crippen molar-refractivity contribution in [2.75, 3.05) is 13.2 Å². The van der Waals surface area contributed by atoms with Gasteiger partial charge in [-0.05, 0) is 129 Å². The maximum atomic E-state index is 13.6. The first-order valence-corrected chi connectivity index (χ1v) is 17.3. The first-order valence-electron chi connectivity index (χ1n) is 17.3. The quantitative estimate of drug-likeness (QED) is 0.304. The van der Waals surface area contributed by atoms with E-state index in [2.05, 4.69) is 76.9 Å². The molecule has 238 valence electrons. The van der Waals surface area contributed by atoms with E-state index in [4.69, 9.17) is 0 Å². The fraction of sp³-hybridized carbons (Fsp3) is 0.718. The van der Waals surface area contributed by atoms with Crippen LogP contribution in [0.5, 0.6) is 0 Å². The third-order valence-electron chi connectivity index (χ3n) is 13.6. The van der Waals surface area contributed by atoms with E-state index in [0.717, 1.165) is 25.2 Å². The first-order chi connectivity index (χ1) is 20.4. The van der Waals surface area contributed by atoms with Gasteiger partial charge in [-0.15, -0.1) is 6.58 Å². The van der Waals surface area contributed by atoms with Gasteiger partial charge >= 0.3 is 0 Å². The van der Waals surface area contributed by atoms with Crippen molar-refractivity contribution < 1.29 is 15.0 Å². The van der Waals surface area contributed by atoms with Crippen molar-refractivity contribution in [2.45, 2.75) is 112 Å². The second-order valence-corrected chi connectivity index (χ2v) is 16.1. The Bertz CT molecular complexity index is 1200. The maximum absolute atomic E-state index is 13.6. The van der Waals surface area contributed by atoms with Crippen LogP contribution in [0.3, 0.4) is 0 Å². The van der Waals surface area contributed by atoms with E-state index in [0.29, 0.717) is 34.5 Å². The SMILES string of the molecule is C=CC.Cc1ccc(C2=CCC3(C)C(CCC4(C)C5CCC6(C(=O)NCC(O)CO)CCCC6C5CCC43)C2(C)C)cc1. The highest BCUT2D eigenvalue weighted by atomic mass is 16.3. The van der Waals surface area contributed by atoms with Crippen LogP contribution in [0.1, 0.15) is 110 Å². The first kappa shape index (κ1) is 32.5. The largest absolute Gasteiger partial charge is 0.394 e. The normalized spacial score (nSPS) is 39.8. The summed E-state index contributed by atoms with van der Waals surface area (Å²) in [5.41, 5.74) is 4.84. The van der Waals surface area contributed by atoms with Crippen molar-refractivity contribution in [3.63, 3.8) is 0 Å². The zero-order chi connectivity index (χ0) is 31.2. The third kappa shape index (κ3) is 5.27. The highest BCUT2D eigenvalue weighted by Gasteiger charge is 2.66. The molecule has 5 aliphatic rings. The van der Waals surface area contributed by atoms with Crippen LogP contribution < -0.4 is 5.32 Å². The van der Waals surface area contributed by atoms with Crippen LogP contribution >= 0.6 is 0 Å². The van der Waals surface area contributed by atoms with Gasteiger partial charge in [0.15, 0.2) is 0 Å². The van der Waals surface area contributed by atoms with E-state index in [9.17, 15) is 15.0 Å². The summed E-state index contributed by atoms with van der Waals surface area (Å²) in [6.45, 7) is 17.6. The van der Waals surface area contributed by atoms with Gasteiger partial charge < -0.3 is 15.5 Å². The lowest BCUT2D eigenvalue weighted by Crippen LogP contribution is -2.62. The molecule has 4 fully saturated rings. The van der Waals surface area contributed by atoms with Gasteiger partial charge in [0.25, 0.3) is 0 Å². The lowest BCUT2D eigenvalue weighted by Gasteiger charge is -2.68. The molecule has 3 N–H and O–H groups in total. The Labute approximate surface area is 261 Å². The number of benzene rings is 1. The molecule has 0 aromatic heterocycles. The van der Waals surface area contributed by atoms with E-state index in [1.165, 1.54) is 56.1 Å². The molecule has 0 bridgehead atoms. The van der Waals surface area contributed by atoms with E-state index < -0.39 is 6.10 Å². The monoisotopic (exact) mass is 589 g/mol. The molecule has 0 spiro atoms. The lowest BCUT2D eigenvalue weighted by molar-refractivity contribution is -0.181. The summed E-state index contributed by atoms with van der Waals surface area (Å²) in [6, 6.07) is 9.20. The highest BCUT2D eigenvalue weighted by Crippen LogP contribution is 2.73. The summed E-state index contributed by atoms with van der Waals surface area (Å²) in [5, 5.41) is 22.2. The second kappa shape index (κ2) is 12.1. The summed E-state index contributed by atoms with van der Waals surface area (Å²) in [7, 11) is 0. The average Bonchev–Trinajstić information content (AvgIpc) is 3.42. The molecule has 4 nitrogen and oxygen atoms in total. The minimum absolute atomic E-state index is 0.145. The second-order valence-electron chi connectivity index (χ2n) is 16.1. The number of hydrogen-bond donors (Lipinski definition) is 3. The van der Waals surface area contributed by atoms with Crippen molar-refractivity contribution in [1.82, 2.24) is 5.32 Å². The molecule has 6 rings (SSSR count). The van der Waals surface area contributed by atoms with Crippen molar-refractivity contribution in [3.05, 3.63) is 54.1 Å². The number of amides is 1. The molecule has 0 radical (unpaired) electrons. The Morgan fingerprint density at radius 2 is 1.67 bits per heavy atom. The number of aliphatic hydroxyl groups excluding tert-OH is 2. The van der Waals surface area contributed by atoms with E-state index >= 15 is 0 Å². The molecule has 9 atom stereocenters. The number of carbonyl (C=O) groups excluding carboxylic acids is 1. The molecule has 1 amide bonds. The minimum Gasteiger partial charge on any atom is -0.394 e. The van der Waals surface area contributed by atoms with Crippen LogP contribution in [-0.4, -0.2) is 35.4 Å². The van der Waals surface area contributed by atoms with Crippen LogP contribution in [0.4, 0.5) is 0 Å². The number of carbonyl (C=O) groups is 1. The fourth-order valence-corrected chi connectivity index (χ4v) is 11.9. The molecule has 0 saturated heterocycles. The zero-order valence-corrected chi connectivity index (χ0v) is 27.9. The molecule has 9 unspecified atom stereocenters. The Kier molecular flexibility index (Phi) is 9.16. The van der Waals surface area contributed by atoms with Gasteiger partial charge in [-0.3, -0.25) is 4.79 Å². The Morgan fingerprint density at radius 3 is 2.35 bits per heavy atom. The van der Waals surface area contributed by atoms with Crippen molar-refractivity contribution >= 4 is 11.5 Å². The van der Waals surface area contributed by atoms with Gasteiger partial charge in [-0.1, -0.05) is 76.1 Å². The molecule has 0 heterocycles. The summed E-state index contributed by atoms with van der Waals surface area (Å²) in [5.74, 6) is 3.39. The number of hydrogen-bond acceptors (Lipinski definition) is 3. The smallest absolute Gasteiger partial charge is 0.226 e. The standard InChI is InChI=1S/C36H53NO3.C3H6/c1-23-8-10-24(11-9-23)27-14-18-35(5)30(33(27,2)3)16-19-34(4)28-15-20-36(32(40)37-21-25(39)22-38)17-6-7-29(36)26(28)12-13-31(34)35;1-3-2/h8-11,14,25-26,28-31,38-39H,6-7,12-13,15-22H2,1-5H3,(H,37,40);3H,1H2,2H3. The van der Waals surface area contributed by atoms with Crippen molar-refractivity contribution in [2.24, 2.45) is 51.2 Å². The molecule has 4 heteroatoms. The number of aryl methyl sites for hydroxylation is 1. The van der Waals surface area contributed by atoms with Crippen LogP contribution in [0.15, 0.2) is 43.0 Å². The molecule has 1 aromatic rings. The highest BCUT2D eigenvalue weighted by molar-refractivity contribution is 5.83. The number of rotatable bonds is 5. The van der Waals surface area contributed by atoms with Crippen LogP contribution in [-0.2, 0) is 4.79 Å². The number of aliphatic hydroxyl groups is 2. The molecular formula is C39H59NO3. The topological polar surface area (TPSA) is 69.6 Å². The Morgan fingerprint density at radius 1 is 0.977 bits per heavy atom. The lowest BCUT2D eigenvalue weighted by atomic mass is 9.36. The van der Waals surface area contributed by atoms with Gasteiger partial charge in [-0.2, -0.15) is 0 Å². The minimum atomic E-state index is -0.873. The van der Waals surface area contributed by atoms with Crippen LogP contribution in [0.2, 0.25) is 0 Å². The van der Waals surface area contributed by atoms with Crippen molar-refractivity contribution in [3.8, 4) is 0 Å².